The summed E-state index contributed by atoms with van der Waals surface area (Å²) in [5, 5.41) is 4.70. The van der Waals surface area contributed by atoms with E-state index in [2.05, 4.69) is 5.32 Å². The lowest BCUT2D eigenvalue weighted by Crippen LogP contribution is -2.29. The largest absolute Gasteiger partial charge is 0.486 e. The highest BCUT2D eigenvalue weighted by Gasteiger charge is 2.23. The maximum Gasteiger partial charge on any atom is 0.143 e. The van der Waals surface area contributed by atoms with Crippen LogP contribution < -0.4 is 10.1 Å². The summed E-state index contributed by atoms with van der Waals surface area (Å²) in [6, 6.07) is 4.31. The zero-order valence-corrected chi connectivity index (χ0v) is 12.8. The second kappa shape index (κ2) is 6.52. The van der Waals surface area contributed by atoms with Gasteiger partial charge in [0.15, 0.2) is 0 Å². The van der Waals surface area contributed by atoms with E-state index in [1.54, 1.807) is 6.07 Å². The smallest absolute Gasteiger partial charge is 0.143 e. The molecular formula is C15H19Cl2NO2. The Hall–Kier alpha value is -0.480. The van der Waals surface area contributed by atoms with Crippen molar-refractivity contribution in [2.45, 2.75) is 44.4 Å². The van der Waals surface area contributed by atoms with Crippen LogP contribution in [0.1, 0.15) is 31.2 Å². The molecule has 3 nitrogen and oxygen atoms in total. The molecule has 2 aliphatic rings. The molecule has 110 valence electrons. The van der Waals surface area contributed by atoms with Crippen molar-refractivity contribution in [3.05, 3.63) is 27.7 Å². The molecule has 2 fully saturated rings. The van der Waals surface area contributed by atoms with E-state index in [0.29, 0.717) is 22.7 Å². The Morgan fingerprint density at radius 2 is 2.10 bits per heavy atom. The molecule has 1 unspecified atom stereocenters. The summed E-state index contributed by atoms with van der Waals surface area (Å²) < 4.78 is 11.5. The number of benzene rings is 1. The van der Waals surface area contributed by atoms with Crippen LogP contribution in [-0.4, -0.2) is 25.4 Å². The minimum atomic E-state index is 0.0853. The minimum absolute atomic E-state index is 0.0853. The molecular weight excluding hydrogens is 297 g/mol. The van der Waals surface area contributed by atoms with Crippen LogP contribution >= 0.6 is 23.2 Å². The summed E-state index contributed by atoms with van der Waals surface area (Å²) in [5.74, 6) is 0.750. The van der Waals surface area contributed by atoms with Gasteiger partial charge in [0.25, 0.3) is 0 Å². The van der Waals surface area contributed by atoms with Crippen LogP contribution in [0, 0.1) is 0 Å². The van der Waals surface area contributed by atoms with Crippen LogP contribution in [0.5, 0.6) is 5.75 Å². The summed E-state index contributed by atoms with van der Waals surface area (Å²) >= 11 is 12.4. The molecule has 1 aromatic carbocycles. The molecule has 1 saturated carbocycles. The van der Waals surface area contributed by atoms with Crippen LogP contribution in [0.15, 0.2) is 12.1 Å². The third-order valence-corrected chi connectivity index (χ3v) is 4.15. The van der Waals surface area contributed by atoms with E-state index in [4.69, 9.17) is 32.7 Å². The number of rotatable bonds is 5. The van der Waals surface area contributed by atoms with E-state index in [1.807, 2.05) is 6.07 Å². The Bertz CT molecular complexity index is 471. The van der Waals surface area contributed by atoms with Crippen LogP contribution in [0.2, 0.25) is 10.0 Å². The van der Waals surface area contributed by atoms with Crippen molar-refractivity contribution in [3.63, 3.8) is 0 Å². The standard InChI is InChI=1S/C15H19Cl2NO2/c16-11-6-10(8-18-12-3-4-12)15(14(17)7-11)20-13-2-1-5-19-9-13/h6-7,12-13,18H,1-5,8-9H2. The summed E-state index contributed by atoms with van der Waals surface area (Å²) in [7, 11) is 0. The molecule has 0 bridgehead atoms. The molecule has 0 spiro atoms. The van der Waals surface area contributed by atoms with Crippen molar-refractivity contribution in [1.29, 1.82) is 0 Å². The zero-order chi connectivity index (χ0) is 13.9. The van der Waals surface area contributed by atoms with Crippen LogP contribution in [0.4, 0.5) is 0 Å². The first-order chi connectivity index (χ1) is 9.72. The maximum absolute atomic E-state index is 6.31. The first kappa shape index (κ1) is 14.5. The lowest BCUT2D eigenvalue weighted by molar-refractivity contribution is 0.00705. The third-order valence-electron chi connectivity index (χ3n) is 3.65. The third kappa shape index (κ3) is 3.79. The van der Waals surface area contributed by atoms with Gasteiger partial charge in [-0.25, -0.2) is 0 Å². The van der Waals surface area contributed by atoms with Gasteiger partial charge in [-0.15, -0.1) is 0 Å². The average Bonchev–Trinajstić information content (AvgIpc) is 3.25. The second-order valence-corrected chi connectivity index (χ2v) is 6.33. The van der Waals surface area contributed by atoms with Gasteiger partial charge in [0.2, 0.25) is 0 Å². The molecule has 1 saturated heterocycles. The van der Waals surface area contributed by atoms with Crippen molar-refractivity contribution in [1.82, 2.24) is 5.32 Å². The van der Waals surface area contributed by atoms with Crippen molar-refractivity contribution in [2.75, 3.05) is 13.2 Å². The van der Waals surface area contributed by atoms with Gasteiger partial charge in [0.05, 0.1) is 11.6 Å². The highest BCUT2D eigenvalue weighted by atomic mass is 35.5. The average molecular weight is 316 g/mol. The maximum atomic E-state index is 6.31. The number of halogens is 2. The molecule has 5 heteroatoms. The highest BCUT2D eigenvalue weighted by molar-refractivity contribution is 6.35. The van der Waals surface area contributed by atoms with E-state index < -0.39 is 0 Å². The van der Waals surface area contributed by atoms with Gasteiger partial charge in [-0.2, -0.15) is 0 Å². The van der Waals surface area contributed by atoms with Crippen molar-refractivity contribution < 1.29 is 9.47 Å². The first-order valence-electron chi connectivity index (χ1n) is 7.18. The molecule has 0 amide bonds. The Kier molecular flexibility index (Phi) is 4.72. The number of nitrogens with one attached hydrogen (secondary N) is 1. The van der Waals surface area contributed by atoms with Crippen molar-refractivity contribution >= 4 is 23.2 Å². The van der Waals surface area contributed by atoms with Crippen LogP contribution in [0.3, 0.4) is 0 Å². The van der Waals surface area contributed by atoms with Gasteiger partial charge < -0.3 is 14.8 Å². The number of ether oxygens (including phenoxy) is 2. The summed E-state index contributed by atoms with van der Waals surface area (Å²) in [6.45, 7) is 2.20. The lowest BCUT2D eigenvalue weighted by Gasteiger charge is -2.25. The minimum Gasteiger partial charge on any atom is -0.486 e. The Balaban J connectivity index is 1.74. The fraction of sp³-hybridized carbons (Fsp3) is 0.600. The van der Waals surface area contributed by atoms with Gasteiger partial charge in [-0.1, -0.05) is 23.2 Å². The topological polar surface area (TPSA) is 30.5 Å². The number of hydrogen-bond acceptors (Lipinski definition) is 3. The molecule has 0 radical (unpaired) electrons. The van der Waals surface area contributed by atoms with E-state index in [1.165, 1.54) is 12.8 Å². The molecule has 1 aliphatic carbocycles. The molecule has 3 rings (SSSR count). The summed E-state index contributed by atoms with van der Waals surface area (Å²) in [6.07, 6.45) is 4.63. The quantitative estimate of drug-likeness (QED) is 0.896. The highest BCUT2D eigenvalue weighted by Crippen LogP contribution is 2.34. The number of hydrogen-bond donors (Lipinski definition) is 1. The summed E-state index contributed by atoms with van der Waals surface area (Å²) in [4.78, 5) is 0. The molecule has 1 aliphatic heterocycles. The van der Waals surface area contributed by atoms with Crippen LogP contribution in [0.25, 0.3) is 0 Å². The predicted octanol–water partition coefficient (Wildman–Crippen LogP) is 3.80. The molecule has 20 heavy (non-hydrogen) atoms. The molecule has 1 N–H and O–H groups in total. The zero-order valence-electron chi connectivity index (χ0n) is 11.3. The predicted molar refractivity (Wildman–Crippen MR) is 80.8 cm³/mol. The Morgan fingerprint density at radius 3 is 2.80 bits per heavy atom. The van der Waals surface area contributed by atoms with E-state index >= 15 is 0 Å². The van der Waals surface area contributed by atoms with E-state index in [9.17, 15) is 0 Å². The fourth-order valence-corrected chi connectivity index (χ4v) is 2.97. The monoisotopic (exact) mass is 315 g/mol. The van der Waals surface area contributed by atoms with Crippen molar-refractivity contribution in [2.24, 2.45) is 0 Å². The Morgan fingerprint density at radius 1 is 1.25 bits per heavy atom. The van der Waals surface area contributed by atoms with Gasteiger partial charge in [0.1, 0.15) is 11.9 Å². The molecule has 1 atom stereocenters. The van der Waals surface area contributed by atoms with E-state index in [-0.39, 0.29) is 6.10 Å². The van der Waals surface area contributed by atoms with Gasteiger partial charge in [-0.3, -0.25) is 0 Å². The molecule has 1 aromatic rings. The fourth-order valence-electron chi connectivity index (χ4n) is 2.39. The second-order valence-electron chi connectivity index (χ2n) is 5.49. The van der Waals surface area contributed by atoms with Crippen LogP contribution in [-0.2, 0) is 11.3 Å². The lowest BCUT2D eigenvalue weighted by atomic mass is 10.1. The van der Waals surface area contributed by atoms with Gasteiger partial charge >= 0.3 is 0 Å². The van der Waals surface area contributed by atoms with Crippen molar-refractivity contribution in [3.8, 4) is 5.75 Å². The first-order valence-corrected chi connectivity index (χ1v) is 7.93. The van der Waals surface area contributed by atoms with E-state index in [0.717, 1.165) is 37.3 Å². The molecule has 1 heterocycles. The normalized spacial score (nSPS) is 22.8. The Labute approximate surface area is 129 Å². The van der Waals surface area contributed by atoms with Gasteiger partial charge in [-0.05, 0) is 37.8 Å². The molecule has 0 aromatic heterocycles. The van der Waals surface area contributed by atoms with Gasteiger partial charge in [0, 0.05) is 29.8 Å². The summed E-state index contributed by atoms with van der Waals surface area (Å²) in [5.41, 5.74) is 1.03. The SMILES string of the molecule is Clc1cc(Cl)c(OC2CCCOC2)c(CNC2CC2)c1.